The first-order valence-corrected chi connectivity index (χ1v) is 7.23. The van der Waals surface area contributed by atoms with Crippen LogP contribution in [0.1, 0.15) is 22.7 Å². The number of methoxy groups -OCH3 is 1. The summed E-state index contributed by atoms with van der Waals surface area (Å²) in [5, 5.41) is 3.06. The molecule has 2 rings (SSSR count). The molecule has 112 valence electrons. The van der Waals surface area contributed by atoms with E-state index >= 15 is 0 Å². The fourth-order valence-corrected chi connectivity index (χ4v) is 2.67. The lowest BCUT2D eigenvalue weighted by molar-refractivity contribution is 0.400. The highest BCUT2D eigenvalue weighted by Crippen LogP contribution is 2.35. The van der Waals surface area contributed by atoms with Crippen LogP contribution < -0.4 is 10.1 Å². The first kappa shape index (κ1) is 15.9. The summed E-state index contributed by atoms with van der Waals surface area (Å²) in [4.78, 5) is 0. The second kappa shape index (κ2) is 6.54. The van der Waals surface area contributed by atoms with Gasteiger partial charge in [0.2, 0.25) is 0 Å². The van der Waals surface area contributed by atoms with Gasteiger partial charge in [0.05, 0.1) is 17.6 Å². The fraction of sp³-hybridized carbons (Fsp3) is 0.250. The molecule has 0 amide bonds. The predicted octanol–water partition coefficient (Wildman–Crippen LogP) is 4.35. The van der Waals surface area contributed by atoms with Crippen molar-refractivity contribution in [3.8, 4) is 5.75 Å². The highest BCUT2D eigenvalue weighted by molar-refractivity contribution is 9.10. The van der Waals surface area contributed by atoms with Gasteiger partial charge in [0, 0.05) is 17.2 Å². The van der Waals surface area contributed by atoms with Gasteiger partial charge in [-0.25, -0.2) is 8.78 Å². The minimum Gasteiger partial charge on any atom is -0.496 e. The zero-order valence-corrected chi connectivity index (χ0v) is 13.6. The maximum Gasteiger partial charge on any atom is 0.141 e. The van der Waals surface area contributed by atoms with E-state index in [4.69, 9.17) is 4.74 Å². The monoisotopic (exact) mass is 355 g/mol. The summed E-state index contributed by atoms with van der Waals surface area (Å²) in [6, 6.07) is 7.38. The number of benzene rings is 2. The average Bonchev–Trinajstić information content (AvgIpc) is 2.46. The van der Waals surface area contributed by atoms with Gasteiger partial charge in [0.1, 0.15) is 17.4 Å². The number of halogens is 3. The molecule has 0 saturated heterocycles. The molecule has 21 heavy (non-hydrogen) atoms. The lowest BCUT2D eigenvalue weighted by Crippen LogP contribution is -2.20. The maximum atomic E-state index is 14.1. The van der Waals surface area contributed by atoms with E-state index in [1.165, 1.54) is 19.2 Å². The summed E-state index contributed by atoms with van der Waals surface area (Å²) in [6.07, 6.45) is 0. The summed E-state index contributed by atoms with van der Waals surface area (Å²) in [6.45, 7) is 1.90. The maximum absolute atomic E-state index is 14.1. The molecule has 0 heterocycles. The van der Waals surface area contributed by atoms with E-state index in [2.05, 4.69) is 21.2 Å². The van der Waals surface area contributed by atoms with Crippen LogP contribution in [0.3, 0.4) is 0 Å². The minimum atomic E-state index is -0.434. The van der Waals surface area contributed by atoms with Crippen molar-refractivity contribution in [3.63, 3.8) is 0 Å². The molecule has 0 aliphatic rings. The van der Waals surface area contributed by atoms with Crippen LogP contribution >= 0.6 is 15.9 Å². The van der Waals surface area contributed by atoms with Crippen LogP contribution in [0, 0.1) is 18.6 Å². The summed E-state index contributed by atoms with van der Waals surface area (Å²) in [5.74, 6) is -0.367. The summed E-state index contributed by atoms with van der Waals surface area (Å²) < 4.78 is 33.3. The Morgan fingerprint density at radius 2 is 1.81 bits per heavy atom. The number of nitrogens with one attached hydrogen (secondary N) is 1. The van der Waals surface area contributed by atoms with Gasteiger partial charge in [-0.3, -0.25) is 0 Å². The van der Waals surface area contributed by atoms with Crippen LogP contribution in [0.2, 0.25) is 0 Å². The summed E-state index contributed by atoms with van der Waals surface area (Å²) in [5.41, 5.74) is 2.11. The van der Waals surface area contributed by atoms with E-state index in [1.807, 2.05) is 6.92 Å². The molecule has 1 atom stereocenters. The van der Waals surface area contributed by atoms with Gasteiger partial charge in [-0.2, -0.15) is 0 Å². The van der Waals surface area contributed by atoms with Crippen molar-refractivity contribution in [3.05, 3.63) is 63.1 Å². The number of hydrogen-bond donors (Lipinski definition) is 1. The molecule has 0 aliphatic carbocycles. The summed E-state index contributed by atoms with van der Waals surface area (Å²) >= 11 is 3.16. The van der Waals surface area contributed by atoms with Crippen LogP contribution in [0.15, 0.2) is 34.8 Å². The van der Waals surface area contributed by atoms with E-state index in [9.17, 15) is 8.78 Å². The molecule has 1 unspecified atom stereocenters. The highest BCUT2D eigenvalue weighted by Gasteiger charge is 2.21. The number of hydrogen-bond acceptors (Lipinski definition) is 2. The fourth-order valence-electron chi connectivity index (χ4n) is 2.31. The van der Waals surface area contributed by atoms with E-state index < -0.39 is 11.9 Å². The molecule has 1 N–H and O–H groups in total. The molecule has 2 aromatic carbocycles. The molecule has 0 radical (unpaired) electrons. The topological polar surface area (TPSA) is 21.3 Å². The predicted molar refractivity (Wildman–Crippen MR) is 82.7 cm³/mol. The van der Waals surface area contributed by atoms with Crippen molar-refractivity contribution in [1.82, 2.24) is 5.32 Å². The third-order valence-electron chi connectivity index (χ3n) is 3.33. The lowest BCUT2D eigenvalue weighted by Gasteiger charge is -2.21. The normalized spacial score (nSPS) is 12.3. The zero-order chi connectivity index (χ0) is 15.6. The lowest BCUT2D eigenvalue weighted by atomic mass is 9.96. The molecule has 0 saturated carbocycles. The molecule has 2 nitrogen and oxygen atoms in total. The molecular formula is C16H16BrF2NO. The summed E-state index contributed by atoms with van der Waals surface area (Å²) in [7, 11) is 3.19. The van der Waals surface area contributed by atoms with Crippen molar-refractivity contribution in [2.24, 2.45) is 0 Å². The molecule has 0 spiro atoms. The molecule has 0 aromatic heterocycles. The van der Waals surface area contributed by atoms with Crippen LogP contribution in [0.25, 0.3) is 0 Å². The quantitative estimate of drug-likeness (QED) is 0.879. The Balaban J connectivity index is 2.61. The third kappa shape index (κ3) is 3.24. The average molecular weight is 356 g/mol. The van der Waals surface area contributed by atoms with Gasteiger partial charge in [0.15, 0.2) is 0 Å². The Hall–Kier alpha value is -1.46. The molecular weight excluding hydrogens is 340 g/mol. The molecule has 2 aromatic rings. The van der Waals surface area contributed by atoms with Crippen molar-refractivity contribution in [2.45, 2.75) is 13.0 Å². The van der Waals surface area contributed by atoms with Crippen molar-refractivity contribution in [1.29, 1.82) is 0 Å². The SMILES string of the molecule is CNC(c1cc(C)ccc1F)c1cc(Br)c(F)cc1OC. The van der Waals surface area contributed by atoms with E-state index in [0.717, 1.165) is 5.56 Å². The first-order valence-electron chi connectivity index (χ1n) is 6.44. The van der Waals surface area contributed by atoms with E-state index in [-0.39, 0.29) is 5.82 Å². The van der Waals surface area contributed by atoms with Crippen molar-refractivity contribution in [2.75, 3.05) is 14.2 Å². The second-order valence-electron chi connectivity index (χ2n) is 4.75. The number of aryl methyl sites for hydroxylation is 1. The number of rotatable bonds is 4. The van der Waals surface area contributed by atoms with Gasteiger partial charge >= 0.3 is 0 Å². The van der Waals surface area contributed by atoms with Crippen molar-refractivity contribution >= 4 is 15.9 Å². The van der Waals surface area contributed by atoms with Crippen LogP contribution in [0.4, 0.5) is 8.78 Å². The van der Waals surface area contributed by atoms with Crippen molar-refractivity contribution < 1.29 is 13.5 Å². The van der Waals surface area contributed by atoms with Gasteiger partial charge in [-0.05, 0) is 42.0 Å². The third-order valence-corrected chi connectivity index (χ3v) is 3.94. The largest absolute Gasteiger partial charge is 0.496 e. The smallest absolute Gasteiger partial charge is 0.141 e. The zero-order valence-electron chi connectivity index (χ0n) is 12.0. The Kier molecular flexibility index (Phi) is 4.96. The van der Waals surface area contributed by atoms with E-state index in [0.29, 0.717) is 21.3 Å². The van der Waals surface area contributed by atoms with Crippen LogP contribution in [-0.2, 0) is 0 Å². The van der Waals surface area contributed by atoms with Crippen LogP contribution in [-0.4, -0.2) is 14.2 Å². The Morgan fingerprint density at radius 1 is 1.10 bits per heavy atom. The standard InChI is InChI=1S/C16H16BrF2NO/c1-9-4-5-13(18)10(6-9)16(20-2)11-7-12(17)14(19)8-15(11)21-3/h4-8,16,20H,1-3H3. The second-order valence-corrected chi connectivity index (χ2v) is 5.61. The van der Waals surface area contributed by atoms with E-state index in [1.54, 1.807) is 25.2 Å². The minimum absolute atomic E-state index is 0.312. The molecule has 5 heteroatoms. The highest BCUT2D eigenvalue weighted by atomic mass is 79.9. The Morgan fingerprint density at radius 3 is 2.43 bits per heavy atom. The Labute approximate surface area is 131 Å². The van der Waals surface area contributed by atoms with Gasteiger partial charge in [-0.15, -0.1) is 0 Å². The van der Waals surface area contributed by atoms with Gasteiger partial charge in [0.25, 0.3) is 0 Å². The first-order chi connectivity index (χ1) is 9.97. The molecule has 0 aliphatic heterocycles. The van der Waals surface area contributed by atoms with Crippen LogP contribution in [0.5, 0.6) is 5.75 Å². The van der Waals surface area contributed by atoms with Gasteiger partial charge < -0.3 is 10.1 Å². The van der Waals surface area contributed by atoms with Gasteiger partial charge in [-0.1, -0.05) is 17.7 Å². The Bertz CT molecular complexity index is 661. The number of ether oxygens (including phenoxy) is 1. The molecule has 0 fully saturated rings. The molecule has 0 bridgehead atoms.